The first kappa shape index (κ1) is 23.4. The van der Waals surface area contributed by atoms with E-state index in [4.69, 9.17) is 9.90 Å². The van der Waals surface area contributed by atoms with Gasteiger partial charge in [-0.25, -0.2) is 4.39 Å². The summed E-state index contributed by atoms with van der Waals surface area (Å²) in [6.45, 7) is 6.71. The van der Waals surface area contributed by atoms with Gasteiger partial charge in [0.05, 0.1) is 5.92 Å². The van der Waals surface area contributed by atoms with Gasteiger partial charge >= 0.3 is 6.18 Å². The molecule has 2 aromatic carbocycles. The van der Waals surface area contributed by atoms with Gasteiger partial charge in [-0.15, -0.1) is 0 Å². The third kappa shape index (κ3) is 6.22. The fraction of sp³-hybridized carbons (Fsp3) is 0.318. The molecule has 1 atom stereocenters. The van der Waals surface area contributed by atoms with Crippen molar-refractivity contribution in [3.05, 3.63) is 75.6 Å². The molecule has 0 aliphatic heterocycles. The maximum Gasteiger partial charge on any atom is 0.399 e. The summed E-state index contributed by atoms with van der Waals surface area (Å²) in [5.74, 6) is -2.23. The van der Waals surface area contributed by atoms with Crippen LogP contribution in [0.4, 0.5) is 17.6 Å². The van der Waals surface area contributed by atoms with Gasteiger partial charge in [0.15, 0.2) is 0 Å². The van der Waals surface area contributed by atoms with Crippen molar-refractivity contribution in [3.8, 4) is 0 Å². The van der Waals surface area contributed by atoms with Gasteiger partial charge in [-0.1, -0.05) is 49.4 Å². The van der Waals surface area contributed by atoms with E-state index in [0.717, 1.165) is 29.2 Å². The first-order chi connectivity index (χ1) is 13.0. The van der Waals surface area contributed by atoms with Gasteiger partial charge in [-0.05, 0) is 60.6 Å². The molecule has 0 radical (unpaired) electrons. The topological polar surface area (TPSA) is 37.3 Å². The molecule has 1 unspecified atom stereocenters. The van der Waals surface area contributed by atoms with Crippen molar-refractivity contribution < 1.29 is 27.5 Å². The standard InChI is InChI=1S/C21H22F4.CH2O2/c1-5-17-12-16(7-6-13(17)2)8-9-19(21(23,24)25)18-10-14(3)20(22)15(4)11-18;2-1-3/h6-12,19H,5H2,1-4H3;1H,(H,2,3)/b9-8+;. The fourth-order valence-electron chi connectivity index (χ4n) is 2.95. The predicted molar refractivity (Wildman–Crippen MR) is 103 cm³/mol. The molecule has 28 heavy (non-hydrogen) atoms. The molecule has 0 saturated carbocycles. The highest BCUT2D eigenvalue weighted by molar-refractivity contribution is 5.54. The number of allylic oxidation sites excluding steroid dienone is 1. The number of halogens is 4. The molecule has 0 fully saturated rings. The van der Waals surface area contributed by atoms with Crippen LogP contribution in [0.25, 0.3) is 6.08 Å². The summed E-state index contributed by atoms with van der Waals surface area (Å²) in [7, 11) is 0. The first-order valence-electron chi connectivity index (χ1n) is 8.74. The van der Waals surface area contributed by atoms with Crippen LogP contribution in [-0.4, -0.2) is 17.8 Å². The Labute approximate surface area is 162 Å². The smallest absolute Gasteiger partial charge is 0.399 e. The van der Waals surface area contributed by atoms with Crippen LogP contribution in [0.5, 0.6) is 0 Å². The lowest BCUT2D eigenvalue weighted by Gasteiger charge is -2.19. The lowest BCUT2D eigenvalue weighted by atomic mass is 9.93. The number of carbonyl (C=O) groups is 1. The second kappa shape index (κ2) is 10.1. The number of carboxylic acid groups (broad SMARTS) is 1. The summed E-state index contributed by atoms with van der Waals surface area (Å²) in [5.41, 5.74) is 3.47. The van der Waals surface area contributed by atoms with E-state index in [1.807, 2.05) is 26.0 Å². The number of hydrogen-bond acceptors (Lipinski definition) is 1. The molecule has 1 N–H and O–H groups in total. The average molecular weight is 396 g/mol. The molecule has 0 spiro atoms. The number of hydrogen-bond donors (Lipinski definition) is 1. The van der Waals surface area contributed by atoms with Crippen molar-refractivity contribution in [2.24, 2.45) is 0 Å². The van der Waals surface area contributed by atoms with Crippen molar-refractivity contribution in [2.75, 3.05) is 0 Å². The Morgan fingerprint density at radius 2 is 1.57 bits per heavy atom. The molecule has 2 aromatic rings. The normalized spacial score (nSPS) is 12.4. The minimum atomic E-state index is -4.44. The summed E-state index contributed by atoms with van der Waals surface area (Å²) in [4.78, 5) is 8.36. The van der Waals surface area contributed by atoms with Gasteiger partial charge in [-0.2, -0.15) is 13.2 Å². The Bertz CT molecular complexity index is 816. The monoisotopic (exact) mass is 396 g/mol. The summed E-state index contributed by atoms with van der Waals surface area (Å²) >= 11 is 0. The van der Waals surface area contributed by atoms with Crippen LogP contribution in [0.2, 0.25) is 0 Å². The van der Waals surface area contributed by atoms with Gasteiger partial charge in [0.25, 0.3) is 6.47 Å². The quantitative estimate of drug-likeness (QED) is 0.481. The molecule has 152 valence electrons. The lowest BCUT2D eigenvalue weighted by molar-refractivity contribution is -0.139. The van der Waals surface area contributed by atoms with Crippen LogP contribution in [-0.2, 0) is 11.2 Å². The Morgan fingerprint density at radius 3 is 2.04 bits per heavy atom. The SMILES string of the molecule is CCc1cc(/C=C/C(c2cc(C)c(F)c(C)c2)C(F)(F)F)ccc1C.O=CO. The minimum Gasteiger partial charge on any atom is -0.483 e. The third-order valence-electron chi connectivity index (χ3n) is 4.41. The van der Waals surface area contributed by atoms with Crippen LogP contribution in [0, 0.1) is 26.6 Å². The average Bonchev–Trinajstić information content (AvgIpc) is 2.60. The number of benzene rings is 2. The highest BCUT2D eigenvalue weighted by atomic mass is 19.4. The van der Waals surface area contributed by atoms with Gasteiger partial charge in [0, 0.05) is 0 Å². The Kier molecular flexibility index (Phi) is 8.41. The number of rotatable bonds is 4. The van der Waals surface area contributed by atoms with Crippen molar-refractivity contribution >= 4 is 12.5 Å². The van der Waals surface area contributed by atoms with Gasteiger partial charge in [0.1, 0.15) is 5.82 Å². The molecule has 2 nitrogen and oxygen atoms in total. The molecule has 2 rings (SSSR count). The zero-order chi connectivity index (χ0) is 21.5. The van der Waals surface area contributed by atoms with Crippen LogP contribution in [0.3, 0.4) is 0 Å². The molecule has 6 heteroatoms. The van der Waals surface area contributed by atoms with E-state index in [-0.39, 0.29) is 23.2 Å². The lowest BCUT2D eigenvalue weighted by Crippen LogP contribution is -2.19. The highest BCUT2D eigenvalue weighted by Gasteiger charge is 2.39. The zero-order valence-electron chi connectivity index (χ0n) is 16.3. The van der Waals surface area contributed by atoms with Gasteiger partial charge in [0.2, 0.25) is 0 Å². The summed E-state index contributed by atoms with van der Waals surface area (Å²) < 4.78 is 54.4. The summed E-state index contributed by atoms with van der Waals surface area (Å²) in [6.07, 6.45) is -0.973. The molecule has 0 aliphatic rings. The van der Waals surface area contributed by atoms with E-state index >= 15 is 0 Å². The second-order valence-corrected chi connectivity index (χ2v) is 6.49. The molecule has 0 heterocycles. The van der Waals surface area contributed by atoms with E-state index in [0.29, 0.717) is 0 Å². The van der Waals surface area contributed by atoms with Crippen LogP contribution in [0.1, 0.15) is 46.2 Å². The zero-order valence-corrected chi connectivity index (χ0v) is 16.3. The van der Waals surface area contributed by atoms with Crippen molar-refractivity contribution in [2.45, 2.75) is 46.2 Å². The maximum atomic E-state index is 13.7. The number of alkyl halides is 3. The molecule has 0 aliphatic carbocycles. The van der Waals surface area contributed by atoms with Gasteiger partial charge in [-0.3, -0.25) is 4.79 Å². The van der Waals surface area contributed by atoms with Crippen LogP contribution >= 0.6 is 0 Å². The van der Waals surface area contributed by atoms with E-state index in [9.17, 15) is 17.6 Å². The third-order valence-corrected chi connectivity index (χ3v) is 4.41. The van der Waals surface area contributed by atoms with E-state index < -0.39 is 17.9 Å². The van der Waals surface area contributed by atoms with Crippen LogP contribution < -0.4 is 0 Å². The highest BCUT2D eigenvalue weighted by Crippen LogP contribution is 2.37. The largest absolute Gasteiger partial charge is 0.483 e. The van der Waals surface area contributed by atoms with Gasteiger partial charge < -0.3 is 5.11 Å². The molecular weight excluding hydrogens is 372 g/mol. The van der Waals surface area contributed by atoms with E-state index in [2.05, 4.69) is 0 Å². The molecule has 0 bridgehead atoms. The predicted octanol–water partition coefficient (Wildman–Crippen LogP) is 6.37. The fourth-order valence-corrected chi connectivity index (χ4v) is 2.95. The first-order valence-corrected chi connectivity index (χ1v) is 8.74. The van der Waals surface area contributed by atoms with Crippen molar-refractivity contribution in [3.63, 3.8) is 0 Å². The van der Waals surface area contributed by atoms with E-state index in [1.54, 1.807) is 6.07 Å². The molecule has 0 amide bonds. The van der Waals surface area contributed by atoms with Crippen molar-refractivity contribution in [1.29, 1.82) is 0 Å². The molecular formula is C22H24F4O2. The Balaban J connectivity index is 0.00000122. The maximum absolute atomic E-state index is 13.7. The van der Waals surface area contributed by atoms with Crippen LogP contribution in [0.15, 0.2) is 36.4 Å². The minimum absolute atomic E-state index is 0.0583. The van der Waals surface area contributed by atoms with Crippen molar-refractivity contribution in [1.82, 2.24) is 0 Å². The summed E-state index contributed by atoms with van der Waals surface area (Å²) in [5, 5.41) is 6.89. The molecule has 0 aromatic heterocycles. The molecule has 0 saturated heterocycles. The Hall–Kier alpha value is -2.63. The second-order valence-electron chi connectivity index (χ2n) is 6.49. The van der Waals surface area contributed by atoms with E-state index in [1.165, 1.54) is 32.1 Å². The number of aryl methyl sites for hydroxylation is 4. The summed E-state index contributed by atoms with van der Waals surface area (Å²) in [6, 6.07) is 8.17. The Morgan fingerprint density at radius 1 is 1.04 bits per heavy atom.